The normalized spacial score (nSPS) is 11.5. The van der Waals surface area contributed by atoms with Gasteiger partial charge in [-0.25, -0.2) is 0 Å². The molecule has 2 aromatic rings. The summed E-state index contributed by atoms with van der Waals surface area (Å²) in [4.78, 5) is 24.5. The first-order valence-electron chi connectivity index (χ1n) is 7.49. The number of nitrogens with one attached hydrogen (secondary N) is 2. The molecule has 0 fully saturated rings. The zero-order valence-electron chi connectivity index (χ0n) is 12.7. The lowest BCUT2D eigenvalue weighted by atomic mass is 10.1. The average molecular weight is 328 g/mol. The average Bonchev–Trinajstić information content (AvgIpc) is 2.61. The summed E-state index contributed by atoms with van der Waals surface area (Å²) in [5.41, 5.74) is 1.55. The molecule has 0 aliphatic rings. The van der Waals surface area contributed by atoms with E-state index < -0.39 is 6.04 Å². The maximum Gasteiger partial charge on any atom is 0.251 e. The van der Waals surface area contributed by atoms with Crippen LogP contribution in [0.2, 0.25) is 0 Å². The molecular formula is C18H20N2O2S. The van der Waals surface area contributed by atoms with Crippen molar-refractivity contribution >= 4 is 24.4 Å². The first-order valence-corrected chi connectivity index (χ1v) is 8.12. The van der Waals surface area contributed by atoms with Crippen molar-refractivity contribution in [2.75, 3.05) is 5.75 Å². The number of rotatable bonds is 7. The van der Waals surface area contributed by atoms with Gasteiger partial charge in [0.1, 0.15) is 6.04 Å². The molecule has 0 aromatic heterocycles. The Hall–Kier alpha value is -2.27. The predicted molar refractivity (Wildman–Crippen MR) is 94.5 cm³/mol. The van der Waals surface area contributed by atoms with E-state index in [-0.39, 0.29) is 11.8 Å². The smallest absolute Gasteiger partial charge is 0.251 e. The molecule has 0 saturated heterocycles. The minimum Gasteiger partial charge on any atom is -0.350 e. The number of thiol groups is 1. The van der Waals surface area contributed by atoms with Crippen LogP contribution in [0.3, 0.4) is 0 Å². The van der Waals surface area contributed by atoms with Crippen molar-refractivity contribution in [3.05, 3.63) is 71.8 Å². The van der Waals surface area contributed by atoms with Crippen molar-refractivity contribution in [2.24, 2.45) is 0 Å². The molecule has 0 radical (unpaired) electrons. The van der Waals surface area contributed by atoms with Gasteiger partial charge in [0.05, 0.1) is 0 Å². The van der Waals surface area contributed by atoms with Crippen molar-refractivity contribution in [3.8, 4) is 0 Å². The van der Waals surface area contributed by atoms with Gasteiger partial charge in [0, 0.05) is 12.1 Å². The highest BCUT2D eigenvalue weighted by atomic mass is 32.1. The Bertz CT molecular complexity index is 632. The zero-order chi connectivity index (χ0) is 16.5. The molecule has 0 bridgehead atoms. The van der Waals surface area contributed by atoms with Crippen molar-refractivity contribution in [3.63, 3.8) is 0 Å². The molecule has 1 atom stereocenters. The molecule has 2 rings (SSSR count). The first-order chi connectivity index (χ1) is 11.2. The highest BCUT2D eigenvalue weighted by Gasteiger charge is 2.20. The van der Waals surface area contributed by atoms with Gasteiger partial charge in [-0.15, -0.1) is 0 Å². The second-order valence-corrected chi connectivity index (χ2v) is 5.55. The van der Waals surface area contributed by atoms with E-state index in [4.69, 9.17) is 0 Å². The second kappa shape index (κ2) is 9.00. The van der Waals surface area contributed by atoms with Crippen LogP contribution >= 0.6 is 12.6 Å². The van der Waals surface area contributed by atoms with E-state index in [0.717, 1.165) is 5.56 Å². The van der Waals surface area contributed by atoms with Gasteiger partial charge >= 0.3 is 0 Å². The van der Waals surface area contributed by atoms with E-state index in [1.807, 2.05) is 36.4 Å². The Morgan fingerprint density at radius 3 is 2.17 bits per heavy atom. The van der Waals surface area contributed by atoms with Crippen LogP contribution in [-0.2, 0) is 11.3 Å². The molecule has 1 unspecified atom stereocenters. The van der Waals surface area contributed by atoms with Crippen molar-refractivity contribution in [1.82, 2.24) is 10.6 Å². The van der Waals surface area contributed by atoms with Crippen LogP contribution in [0.15, 0.2) is 60.7 Å². The summed E-state index contributed by atoms with van der Waals surface area (Å²) in [5, 5.41) is 5.62. The summed E-state index contributed by atoms with van der Waals surface area (Å²) in [6, 6.07) is 17.9. The van der Waals surface area contributed by atoms with Crippen LogP contribution in [-0.4, -0.2) is 23.6 Å². The van der Waals surface area contributed by atoms with Gasteiger partial charge in [-0.05, 0) is 29.9 Å². The van der Waals surface area contributed by atoms with Crippen LogP contribution in [0.25, 0.3) is 0 Å². The summed E-state index contributed by atoms with van der Waals surface area (Å²) in [5.74, 6) is 0.0535. The minimum absolute atomic E-state index is 0.202. The highest BCUT2D eigenvalue weighted by Crippen LogP contribution is 2.03. The fraction of sp³-hybridized carbons (Fsp3) is 0.222. The van der Waals surface area contributed by atoms with Crippen molar-refractivity contribution < 1.29 is 9.59 Å². The fourth-order valence-corrected chi connectivity index (χ4v) is 2.40. The zero-order valence-corrected chi connectivity index (χ0v) is 13.6. The topological polar surface area (TPSA) is 58.2 Å². The Morgan fingerprint density at radius 1 is 0.957 bits per heavy atom. The SMILES string of the molecule is O=C(NC(CCS)C(=O)NCc1ccccc1)c1ccccc1. The molecule has 2 N–H and O–H groups in total. The molecule has 2 amide bonds. The molecule has 0 heterocycles. The molecule has 4 nitrogen and oxygen atoms in total. The second-order valence-electron chi connectivity index (χ2n) is 5.11. The molecule has 0 aliphatic carbocycles. The highest BCUT2D eigenvalue weighted by molar-refractivity contribution is 7.80. The maximum absolute atomic E-state index is 12.3. The quantitative estimate of drug-likeness (QED) is 0.684. The van der Waals surface area contributed by atoms with E-state index in [2.05, 4.69) is 23.3 Å². The minimum atomic E-state index is -0.594. The van der Waals surface area contributed by atoms with E-state index in [9.17, 15) is 9.59 Å². The van der Waals surface area contributed by atoms with Gasteiger partial charge in [0.25, 0.3) is 5.91 Å². The number of carbonyl (C=O) groups is 2. The summed E-state index contributed by atoms with van der Waals surface area (Å²) in [6.45, 7) is 0.434. The molecule has 0 saturated carbocycles. The molecule has 5 heteroatoms. The van der Waals surface area contributed by atoms with Gasteiger partial charge in [0.2, 0.25) is 5.91 Å². The van der Waals surface area contributed by atoms with E-state index in [1.54, 1.807) is 24.3 Å². The van der Waals surface area contributed by atoms with Gasteiger partial charge in [0.15, 0.2) is 0 Å². The third-order valence-electron chi connectivity index (χ3n) is 3.39. The Labute approximate surface area is 141 Å². The summed E-state index contributed by atoms with van der Waals surface area (Å²) in [7, 11) is 0. The molecule has 23 heavy (non-hydrogen) atoms. The van der Waals surface area contributed by atoms with Gasteiger partial charge in [-0.1, -0.05) is 48.5 Å². The van der Waals surface area contributed by atoms with Crippen LogP contribution in [0.5, 0.6) is 0 Å². The molecule has 2 aromatic carbocycles. The predicted octanol–water partition coefficient (Wildman–Crippen LogP) is 2.42. The molecule has 0 spiro atoms. The van der Waals surface area contributed by atoms with Gasteiger partial charge in [-0.2, -0.15) is 12.6 Å². The summed E-state index contributed by atoms with van der Waals surface area (Å²) < 4.78 is 0. The van der Waals surface area contributed by atoms with E-state index in [1.165, 1.54) is 0 Å². The fourth-order valence-electron chi connectivity index (χ4n) is 2.14. The Kier molecular flexibility index (Phi) is 6.69. The van der Waals surface area contributed by atoms with Crippen molar-refractivity contribution in [1.29, 1.82) is 0 Å². The third kappa shape index (κ3) is 5.45. The van der Waals surface area contributed by atoms with Gasteiger partial charge in [-0.3, -0.25) is 9.59 Å². The van der Waals surface area contributed by atoms with Crippen LogP contribution in [0.4, 0.5) is 0 Å². The number of amides is 2. The molecule has 120 valence electrons. The number of benzene rings is 2. The first kappa shape index (κ1) is 17.1. The monoisotopic (exact) mass is 328 g/mol. The maximum atomic E-state index is 12.3. The summed E-state index contributed by atoms with van der Waals surface area (Å²) >= 11 is 4.17. The van der Waals surface area contributed by atoms with Crippen LogP contribution in [0.1, 0.15) is 22.3 Å². The molecular weight excluding hydrogens is 308 g/mol. The number of hydrogen-bond donors (Lipinski definition) is 3. The Morgan fingerprint density at radius 2 is 1.57 bits per heavy atom. The van der Waals surface area contributed by atoms with Crippen molar-refractivity contribution in [2.45, 2.75) is 19.0 Å². The van der Waals surface area contributed by atoms with E-state index in [0.29, 0.717) is 24.3 Å². The third-order valence-corrected chi connectivity index (χ3v) is 3.64. The lowest BCUT2D eigenvalue weighted by molar-refractivity contribution is -0.123. The lowest BCUT2D eigenvalue weighted by Crippen LogP contribution is -2.46. The van der Waals surface area contributed by atoms with Gasteiger partial charge < -0.3 is 10.6 Å². The number of carbonyl (C=O) groups excluding carboxylic acids is 2. The van der Waals surface area contributed by atoms with Crippen LogP contribution < -0.4 is 10.6 Å². The summed E-state index contributed by atoms with van der Waals surface area (Å²) in [6.07, 6.45) is 0.475. The Balaban J connectivity index is 1.94. The largest absolute Gasteiger partial charge is 0.350 e. The lowest BCUT2D eigenvalue weighted by Gasteiger charge is -2.18. The molecule has 0 aliphatic heterocycles. The van der Waals surface area contributed by atoms with Crippen LogP contribution in [0, 0.1) is 0 Å². The standard InChI is InChI=1S/C18H20N2O2S/c21-17(15-9-5-2-6-10-15)20-16(11-12-23)18(22)19-13-14-7-3-1-4-8-14/h1-10,16,23H,11-13H2,(H,19,22)(H,20,21). The van der Waals surface area contributed by atoms with E-state index >= 15 is 0 Å². The number of hydrogen-bond acceptors (Lipinski definition) is 3.